The Hall–Kier alpha value is -4.26. The average molecular weight is 697 g/mol. The molecule has 1 aromatic heterocycles. The summed E-state index contributed by atoms with van der Waals surface area (Å²) in [5.74, 6) is 0.535. The molecule has 1 aliphatic rings. The van der Waals surface area contributed by atoms with E-state index in [1.54, 1.807) is 35.2 Å². The van der Waals surface area contributed by atoms with E-state index < -0.39 is 6.29 Å². The number of nitrogens with one attached hydrogen (secondary N) is 2. The molecule has 0 aliphatic carbocycles. The van der Waals surface area contributed by atoms with Crippen LogP contribution in [0.5, 0.6) is 0 Å². The topological polar surface area (TPSA) is 136 Å². The molecule has 3 unspecified atom stereocenters. The van der Waals surface area contributed by atoms with Gasteiger partial charge in [0, 0.05) is 36.3 Å². The number of fused-ring (bicyclic) bond motifs is 1. The van der Waals surface area contributed by atoms with E-state index in [4.69, 9.17) is 20.2 Å². The van der Waals surface area contributed by atoms with Gasteiger partial charge in [-0.05, 0) is 60.4 Å². The number of hydrogen-bond donors (Lipinski definition) is 4. The number of nitrogens with two attached hydrogens (primary N) is 1. The summed E-state index contributed by atoms with van der Waals surface area (Å²) in [5, 5.41) is 15.4. The monoisotopic (exact) mass is 696 g/mol. The number of rotatable bonds is 14. The Morgan fingerprint density at radius 3 is 2.39 bits per heavy atom. The van der Waals surface area contributed by atoms with Gasteiger partial charge < -0.3 is 30.9 Å². The summed E-state index contributed by atoms with van der Waals surface area (Å²) in [4.78, 5) is 29.9. The van der Waals surface area contributed by atoms with Crippen LogP contribution in [0.15, 0.2) is 101 Å². The van der Waals surface area contributed by atoms with Crippen LogP contribution in [0.25, 0.3) is 10.2 Å². The number of aliphatic hydroxyl groups is 1. The Morgan fingerprint density at radius 1 is 0.857 bits per heavy atom. The lowest BCUT2D eigenvalue weighted by atomic mass is 10.0. The highest BCUT2D eigenvalue weighted by Crippen LogP contribution is 2.40. The number of thioether (sulfide) groups is 1. The van der Waals surface area contributed by atoms with Gasteiger partial charge in [-0.3, -0.25) is 9.59 Å². The molecular formula is C38H40N4O5S2. The summed E-state index contributed by atoms with van der Waals surface area (Å²) in [5.41, 5.74) is 11.4. The second-order valence-electron chi connectivity index (χ2n) is 12.0. The quantitative estimate of drug-likeness (QED) is 0.0518. The summed E-state index contributed by atoms with van der Waals surface area (Å²) in [6.07, 6.45) is 2.55. The minimum atomic E-state index is -0.633. The van der Waals surface area contributed by atoms with Crippen molar-refractivity contribution in [2.75, 3.05) is 22.1 Å². The van der Waals surface area contributed by atoms with Crippen LogP contribution < -0.4 is 16.4 Å². The molecule has 5 N–H and O–H groups in total. The molecule has 11 heteroatoms. The number of aliphatic hydroxyl groups excluding tert-OH is 1. The zero-order valence-corrected chi connectivity index (χ0v) is 28.7. The molecule has 6 rings (SSSR count). The predicted octanol–water partition coefficient (Wildman–Crippen LogP) is 8.24. The molecule has 3 atom stereocenters. The van der Waals surface area contributed by atoms with Crippen LogP contribution in [0.4, 0.5) is 17.1 Å². The van der Waals surface area contributed by atoms with Crippen molar-refractivity contribution >= 4 is 62.2 Å². The van der Waals surface area contributed by atoms with E-state index in [0.717, 1.165) is 37.7 Å². The summed E-state index contributed by atoms with van der Waals surface area (Å²) in [6, 6.07) is 30.7. The molecule has 254 valence electrons. The Bertz CT molecular complexity index is 1830. The Kier molecular flexibility index (Phi) is 11.9. The Labute approximate surface area is 294 Å². The number of unbranched alkanes of at least 4 members (excludes halogenated alkanes) is 2. The van der Waals surface area contributed by atoms with Crippen LogP contribution in [0.2, 0.25) is 0 Å². The molecule has 0 bridgehead atoms. The number of nitrogens with zero attached hydrogens (tertiary/aromatic N) is 1. The lowest BCUT2D eigenvalue weighted by Gasteiger charge is -2.36. The number of thiazole rings is 1. The largest absolute Gasteiger partial charge is 0.397 e. The normalized spacial score (nSPS) is 17.5. The van der Waals surface area contributed by atoms with Gasteiger partial charge in [0.15, 0.2) is 10.6 Å². The van der Waals surface area contributed by atoms with Gasteiger partial charge in [0.25, 0.3) is 0 Å². The highest BCUT2D eigenvalue weighted by Gasteiger charge is 2.32. The minimum Gasteiger partial charge on any atom is -0.397 e. The maximum Gasteiger partial charge on any atom is 0.224 e. The number of benzene rings is 4. The number of aromatic nitrogens is 1. The third kappa shape index (κ3) is 9.68. The number of ether oxygens (including phenoxy) is 2. The van der Waals surface area contributed by atoms with Crippen molar-refractivity contribution in [3.8, 4) is 0 Å². The van der Waals surface area contributed by atoms with Crippen LogP contribution in [-0.2, 0) is 25.7 Å². The van der Waals surface area contributed by atoms with E-state index in [9.17, 15) is 14.7 Å². The summed E-state index contributed by atoms with van der Waals surface area (Å²) in [6.45, 7) is -0.0146. The lowest BCUT2D eigenvalue weighted by molar-refractivity contribution is -0.245. The zero-order chi connectivity index (χ0) is 34.0. The fraction of sp³-hybridized carbons (Fsp3) is 0.289. The molecule has 1 aliphatic heterocycles. The van der Waals surface area contributed by atoms with Crippen molar-refractivity contribution in [1.82, 2.24) is 4.98 Å². The van der Waals surface area contributed by atoms with Crippen molar-refractivity contribution in [2.45, 2.75) is 68.0 Å². The minimum absolute atomic E-state index is 0.0146. The van der Waals surface area contributed by atoms with E-state index in [0.29, 0.717) is 54.9 Å². The van der Waals surface area contributed by atoms with Crippen molar-refractivity contribution in [1.29, 1.82) is 0 Å². The first-order valence-electron chi connectivity index (χ1n) is 16.5. The van der Waals surface area contributed by atoms with Gasteiger partial charge in [-0.25, -0.2) is 4.98 Å². The first-order chi connectivity index (χ1) is 23.9. The average Bonchev–Trinajstić information content (AvgIpc) is 3.55. The lowest BCUT2D eigenvalue weighted by Crippen LogP contribution is -2.31. The number of amides is 2. The van der Waals surface area contributed by atoms with E-state index in [1.165, 1.54) is 0 Å². The van der Waals surface area contributed by atoms with E-state index in [1.807, 2.05) is 78.9 Å². The fourth-order valence-electron chi connectivity index (χ4n) is 5.66. The number of anilines is 3. The number of para-hydroxylation sites is 3. The van der Waals surface area contributed by atoms with Crippen molar-refractivity contribution in [3.63, 3.8) is 0 Å². The zero-order valence-electron chi connectivity index (χ0n) is 27.0. The second-order valence-corrected chi connectivity index (χ2v) is 14.3. The maximum absolute atomic E-state index is 12.8. The van der Waals surface area contributed by atoms with Gasteiger partial charge >= 0.3 is 0 Å². The molecule has 2 amide bonds. The molecule has 5 aromatic rings. The van der Waals surface area contributed by atoms with Gasteiger partial charge in [-0.1, -0.05) is 78.8 Å². The van der Waals surface area contributed by atoms with Crippen LogP contribution in [0, 0.1) is 0 Å². The number of nitrogen functional groups attached to an aromatic ring is 1. The van der Waals surface area contributed by atoms with Crippen LogP contribution >= 0.6 is 23.1 Å². The molecule has 0 radical (unpaired) electrons. The van der Waals surface area contributed by atoms with Crippen LogP contribution in [0.3, 0.4) is 0 Å². The summed E-state index contributed by atoms with van der Waals surface area (Å²) < 4.78 is 15.2. The predicted molar refractivity (Wildman–Crippen MR) is 196 cm³/mol. The maximum atomic E-state index is 12.8. The van der Waals surface area contributed by atoms with Crippen molar-refractivity contribution in [2.24, 2.45) is 0 Å². The molecule has 0 saturated carbocycles. The molecule has 0 spiro atoms. The van der Waals surface area contributed by atoms with Gasteiger partial charge in [-0.2, -0.15) is 0 Å². The Balaban J connectivity index is 1.03. The van der Waals surface area contributed by atoms with E-state index in [2.05, 4.69) is 16.7 Å². The van der Waals surface area contributed by atoms with Crippen molar-refractivity contribution < 1.29 is 24.2 Å². The van der Waals surface area contributed by atoms with E-state index in [-0.39, 0.29) is 30.6 Å². The molecule has 2 heterocycles. The first-order valence-corrected chi connectivity index (χ1v) is 18.3. The molecule has 1 fully saturated rings. The van der Waals surface area contributed by atoms with Gasteiger partial charge in [0.05, 0.1) is 40.4 Å². The van der Waals surface area contributed by atoms with Crippen molar-refractivity contribution in [3.05, 3.63) is 114 Å². The summed E-state index contributed by atoms with van der Waals surface area (Å²) >= 11 is 3.37. The van der Waals surface area contributed by atoms with Crippen LogP contribution in [0.1, 0.15) is 67.6 Å². The highest BCUT2D eigenvalue weighted by atomic mass is 32.2. The second kappa shape index (κ2) is 16.9. The summed E-state index contributed by atoms with van der Waals surface area (Å²) in [7, 11) is 0. The molecule has 4 aromatic carbocycles. The fourth-order valence-corrected chi connectivity index (χ4v) is 7.77. The first kappa shape index (κ1) is 34.6. The van der Waals surface area contributed by atoms with E-state index >= 15 is 0 Å². The molecule has 9 nitrogen and oxygen atoms in total. The Morgan fingerprint density at radius 2 is 1.61 bits per heavy atom. The molecule has 49 heavy (non-hydrogen) atoms. The molecule has 1 saturated heterocycles. The van der Waals surface area contributed by atoms with Gasteiger partial charge in [-0.15, -0.1) is 11.3 Å². The number of carbonyl (C=O) groups is 2. The smallest absolute Gasteiger partial charge is 0.224 e. The van der Waals surface area contributed by atoms with Crippen LogP contribution in [-0.4, -0.2) is 33.8 Å². The highest BCUT2D eigenvalue weighted by molar-refractivity contribution is 8.01. The molecular weight excluding hydrogens is 657 g/mol. The standard InChI is InChI=1S/C38H40N4O5S2/c39-30-11-4-5-12-31(30)41-36(45)16-3-1-2-15-35(44)40-28-10-8-9-27(21-28)37-46-29(22-33(47-37)26-19-17-25(23-43)18-20-26)24-48-38-42-32-13-6-7-14-34(32)49-38/h4-14,17-21,29,33,37,43H,1-3,15-16,22-24,39H2,(H,40,44)(H,41,45). The third-order valence-corrected chi connectivity index (χ3v) is 10.6. The third-order valence-electron chi connectivity index (χ3n) is 8.27. The number of hydrogen-bond acceptors (Lipinski definition) is 9. The van der Waals surface area contributed by atoms with Gasteiger partial charge in [0.2, 0.25) is 11.8 Å². The SMILES string of the molecule is Nc1ccccc1NC(=O)CCCCCC(=O)Nc1cccc(C2OC(CSc3nc4ccccc4s3)CC(c3ccc(CO)cc3)O2)c1. The van der Waals surface area contributed by atoms with Gasteiger partial charge in [0.1, 0.15) is 0 Å². The number of carbonyl (C=O) groups excluding carboxylic acids is 2.